The topological polar surface area (TPSA) is 63.4 Å². The molecule has 1 unspecified atom stereocenters. The number of fused-ring (bicyclic) bond motifs is 1. The molecule has 156 valence electrons. The Kier molecular flexibility index (Phi) is 4.94. The highest BCUT2D eigenvalue weighted by atomic mass is 19.1. The van der Waals surface area contributed by atoms with Crippen molar-refractivity contribution in [3.8, 4) is 11.1 Å². The van der Waals surface area contributed by atoms with Crippen LogP contribution in [-0.2, 0) is 0 Å². The number of pyridine rings is 2. The van der Waals surface area contributed by atoms with E-state index in [9.17, 15) is 9.18 Å². The van der Waals surface area contributed by atoms with E-state index in [1.165, 1.54) is 12.1 Å². The van der Waals surface area contributed by atoms with Crippen molar-refractivity contribution in [3.05, 3.63) is 83.8 Å². The van der Waals surface area contributed by atoms with Crippen LogP contribution >= 0.6 is 0 Å². The average Bonchev–Trinajstić information content (AvgIpc) is 3.22. The second-order valence-corrected chi connectivity index (χ2v) is 8.04. The summed E-state index contributed by atoms with van der Waals surface area (Å²) in [6.45, 7) is 3.24. The monoisotopic (exact) mass is 415 g/mol. The van der Waals surface area contributed by atoms with E-state index in [-0.39, 0.29) is 17.6 Å². The van der Waals surface area contributed by atoms with E-state index in [0.717, 1.165) is 47.5 Å². The number of amides is 1. The summed E-state index contributed by atoms with van der Waals surface area (Å²) in [4.78, 5) is 23.7. The predicted octanol–water partition coefficient (Wildman–Crippen LogP) is 4.26. The molecule has 1 saturated heterocycles. The fourth-order valence-corrected chi connectivity index (χ4v) is 4.14. The second-order valence-electron chi connectivity index (χ2n) is 8.04. The van der Waals surface area contributed by atoms with Gasteiger partial charge in [-0.1, -0.05) is 12.1 Å². The molecule has 1 aliphatic heterocycles. The van der Waals surface area contributed by atoms with Crippen LogP contribution in [0.15, 0.2) is 61.1 Å². The highest BCUT2D eigenvalue weighted by molar-refractivity contribution is 5.94. The van der Waals surface area contributed by atoms with Crippen molar-refractivity contribution < 1.29 is 9.18 Å². The zero-order valence-corrected chi connectivity index (χ0v) is 17.2. The number of aromatic nitrogens is 4. The van der Waals surface area contributed by atoms with Crippen molar-refractivity contribution in [2.75, 3.05) is 13.1 Å². The van der Waals surface area contributed by atoms with Crippen LogP contribution in [0.3, 0.4) is 0 Å². The Bertz CT molecular complexity index is 1270. The van der Waals surface area contributed by atoms with Gasteiger partial charge in [-0.3, -0.25) is 9.78 Å². The lowest BCUT2D eigenvalue weighted by Crippen LogP contribution is -2.39. The maximum absolute atomic E-state index is 13.6. The normalized spacial score (nSPS) is 16.6. The predicted molar refractivity (Wildman–Crippen MR) is 115 cm³/mol. The summed E-state index contributed by atoms with van der Waals surface area (Å²) in [5, 5.41) is 4.69. The van der Waals surface area contributed by atoms with Gasteiger partial charge in [0.25, 0.3) is 5.91 Å². The number of likely N-dealkylation sites (tertiary alicyclic amines) is 1. The van der Waals surface area contributed by atoms with E-state index in [0.29, 0.717) is 12.1 Å². The molecule has 0 bridgehead atoms. The van der Waals surface area contributed by atoms with Gasteiger partial charge in [0, 0.05) is 43.2 Å². The van der Waals surface area contributed by atoms with Crippen molar-refractivity contribution in [2.24, 2.45) is 0 Å². The molecule has 31 heavy (non-hydrogen) atoms. The van der Waals surface area contributed by atoms with Gasteiger partial charge in [-0.15, -0.1) is 0 Å². The van der Waals surface area contributed by atoms with Crippen LogP contribution in [-0.4, -0.2) is 43.5 Å². The fraction of sp³-hybridized carbons (Fsp3) is 0.250. The molecule has 4 aromatic rings. The molecular formula is C24H22FN5O. The van der Waals surface area contributed by atoms with Gasteiger partial charge in [-0.2, -0.15) is 5.10 Å². The van der Waals surface area contributed by atoms with Gasteiger partial charge in [-0.05, 0) is 61.2 Å². The number of nitrogens with zero attached hydrogens (tertiary/aromatic N) is 5. The lowest BCUT2D eigenvalue weighted by atomic mass is 9.97. The second kappa shape index (κ2) is 7.91. The maximum atomic E-state index is 13.6. The minimum Gasteiger partial charge on any atom is -0.338 e. The molecule has 1 fully saturated rings. The minimum absolute atomic E-state index is 0.00180. The summed E-state index contributed by atoms with van der Waals surface area (Å²) in [7, 11) is 0. The van der Waals surface area contributed by atoms with Gasteiger partial charge >= 0.3 is 0 Å². The zero-order valence-electron chi connectivity index (χ0n) is 17.2. The van der Waals surface area contributed by atoms with Gasteiger partial charge in [0.05, 0.1) is 5.56 Å². The third kappa shape index (κ3) is 3.91. The molecule has 0 N–H and O–H groups in total. The number of aryl methyl sites for hydroxylation is 1. The average molecular weight is 415 g/mol. The molecule has 1 atom stereocenters. The van der Waals surface area contributed by atoms with E-state index >= 15 is 0 Å². The Morgan fingerprint density at radius 1 is 1.13 bits per heavy atom. The van der Waals surface area contributed by atoms with Crippen molar-refractivity contribution in [2.45, 2.75) is 25.7 Å². The number of hydrogen-bond acceptors (Lipinski definition) is 4. The van der Waals surface area contributed by atoms with E-state index in [4.69, 9.17) is 4.98 Å². The maximum Gasteiger partial charge on any atom is 0.255 e. The first-order valence-electron chi connectivity index (χ1n) is 10.4. The first-order chi connectivity index (χ1) is 15.1. The number of carbonyl (C=O) groups excluding carboxylic acids is 1. The first kappa shape index (κ1) is 19.4. The SMILES string of the molecule is Cc1cncc(C(=O)N2CCCC(c3nc4ccc(-c5cccc(F)c5)cn4n3)C2)c1. The van der Waals surface area contributed by atoms with Crippen LogP contribution in [0.25, 0.3) is 16.8 Å². The molecule has 0 spiro atoms. The van der Waals surface area contributed by atoms with Gasteiger partial charge in [-0.25, -0.2) is 13.9 Å². The molecule has 1 aliphatic rings. The summed E-state index contributed by atoms with van der Waals surface area (Å²) >= 11 is 0. The van der Waals surface area contributed by atoms with Crippen LogP contribution in [0.5, 0.6) is 0 Å². The van der Waals surface area contributed by atoms with Crippen LogP contribution in [0.4, 0.5) is 4.39 Å². The van der Waals surface area contributed by atoms with E-state index < -0.39 is 0 Å². The zero-order chi connectivity index (χ0) is 21.4. The molecule has 3 aromatic heterocycles. The molecule has 1 aromatic carbocycles. The van der Waals surface area contributed by atoms with Crippen molar-refractivity contribution in [3.63, 3.8) is 0 Å². The smallest absolute Gasteiger partial charge is 0.255 e. The number of benzene rings is 1. The number of piperidine rings is 1. The van der Waals surface area contributed by atoms with Crippen LogP contribution in [0.2, 0.25) is 0 Å². The highest BCUT2D eigenvalue weighted by Gasteiger charge is 2.28. The van der Waals surface area contributed by atoms with E-state index in [1.54, 1.807) is 23.0 Å². The van der Waals surface area contributed by atoms with Gasteiger partial charge in [0.15, 0.2) is 11.5 Å². The highest BCUT2D eigenvalue weighted by Crippen LogP contribution is 2.27. The lowest BCUT2D eigenvalue weighted by molar-refractivity contribution is 0.0704. The molecule has 5 rings (SSSR count). The fourth-order valence-electron chi connectivity index (χ4n) is 4.14. The summed E-state index contributed by atoms with van der Waals surface area (Å²) in [6, 6.07) is 12.2. The third-order valence-electron chi connectivity index (χ3n) is 5.70. The quantitative estimate of drug-likeness (QED) is 0.502. The molecule has 7 heteroatoms. The number of hydrogen-bond donors (Lipinski definition) is 0. The number of carbonyl (C=O) groups is 1. The van der Waals surface area contributed by atoms with Crippen LogP contribution in [0.1, 0.15) is 40.5 Å². The van der Waals surface area contributed by atoms with Crippen molar-refractivity contribution >= 4 is 11.6 Å². The van der Waals surface area contributed by atoms with Gasteiger partial charge in [0.2, 0.25) is 0 Å². The molecule has 6 nitrogen and oxygen atoms in total. The molecule has 0 aliphatic carbocycles. The summed E-state index contributed by atoms with van der Waals surface area (Å²) in [5.74, 6) is 0.537. The molecule has 4 heterocycles. The molecular weight excluding hydrogens is 393 g/mol. The summed E-state index contributed by atoms with van der Waals surface area (Å²) in [5.41, 5.74) is 3.98. The van der Waals surface area contributed by atoms with Crippen molar-refractivity contribution in [1.82, 2.24) is 24.5 Å². The molecule has 1 amide bonds. The van der Waals surface area contributed by atoms with Gasteiger partial charge < -0.3 is 4.90 Å². The summed E-state index contributed by atoms with van der Waals surface area (Å²) < 4.78 is 15.3. The minimum atomic E-state index is -0.271. The Morgan fingerprint density at radius 2 is 2.03 bits per heavy atom. The third-order valence-corrected chi connectivity index (χ3v) is 5.70. The standard InChI is InChI=1S/C24H22FN5O/c1-16-10-20(13-26-12-16)24(31)29-9-3-5-19(14-29)23-27-22-8-7-18(15-30(22)28-23)17-4-2-6-21(25)11-17/h2,4,6-8,10-13,15,19H,3,5,9,14H2,1H3. The van der Waals surface area contributed by atoms with Crippen LogP contribution in [0, 0.1) is 12.7 Å². The largest absolute Gasteiger partial charge is 0.338 e. The first-order valence-corrected chi connectivity index (χ1v) is 10.4. The summed E-state index contributed by atoms with van der Waals surface area (Å²) in [6.07, 6.45) is 7.07. The van der Waals surface area contributed by atoms with Crippen LogP contribution < -0.4 is 0 Å². The van der Waals surface area contributed by atoms with Crippen molar-refractivity contribution in [1.29, 1.82) is 0 Å². The number of halogens is 1. The lowest BCUT2D eigenvalue weighted by Gasteiger charge is -2.31. The number of rotatable bonds is 3. The Hall–Kier alpha value is -3.61. The Morgan fingerprint density at radius 3 is 2.87 bits per heavy atom. The van der Waals surface area contributed by atoms with E-state index in [2.05, 4.69) is 10.1 Å². The Balaban J connectivity index is 1.39. The Labute approximate surface area is 179 Å². The van der Waals surface area contributed by atoms with Gasteiger partial charge in [0.1, 0.15) is 5.82 Å². The van der Waals surface area contributed by atoms with E-state index in [1.807, 2.05) is 42.3 Å². The molecule has 0 saturated carbocycles. The molecule has 0 radical (unpaired) electrons.